The Kier molecular flexibility index (Phi) is 9.04. The number of hydrogen-bond donors (Lipinski definition) is 0. The third kappa shape index (κ3) is 6.15. The predicted molar refractivity (Wildman–Crippen MR) is 253 cm³/mol. The first-order valence-corrected chi connectivity index (χ1v) is 24.9. The van der Waals surface area contributed by atoms with Crippen molar-refractivity contribution in [3.8, 4) is 34.5 Å². The summed E-state index contributed by atoms with van der Waals surface area (Å²) in [6.45, 7) is 0. The van der Waals surface area contributed by atoms with Gasteiger partial charge in [-0.2, -0.15) is 0 Å². The van der Waals surface area contributed by atoms with E-state index in [1.807, 2.05) is 109 Å². The van der Waals surface area contributed by atoms with Crippen LogP contribution in [0.1, 0.15) is 0 Å². The van der Waals surface area contributed by atoms with E-state index in [0.29, 0.717) is 34.5 Å². The van der Waals surface area contributed by atoms with E-state index >= 15 is 0 Å². The van der Waals surface area contributed by atoms with E-state index in [4.69, 9.17) is 26.6 Å². The van der Waals surface area contributed by atoms with Gasteiger partial charge < -0.3 is 0 Å². The Bertz CT molecular complexity index is 2820. The van der Waals surface area contributed by atoms with Crippen LogP contribution in [0.3, 0.4) is 0 Å². The van der Waals surface area contributed by atoms with Crippen molar-refractivity contribution in [3.05, 3.63) is 231 Å². The van der Waals surface area contributed by atoms with Crippen molar-refractivity contribution in [2.75, 3.05) is 0 Å². The molecule has 3 heterocycles. The number of rotatable bonds is 4. The molecular weight excluding hydrogens is 827 g/mol. The molecule has 0 unspecified atom stereocenters. The second kappa shape index (κ2) is 14.5. The minimum absolute atomic E-state index is 0. The minimum atomic E-state index is -6.20. The van der Waals surface area contributed by atoms with Crippen LogP contribution < -0.4 is 77.3 Å². The molecule has 10 aromatic carbocycles. The van der Waals surface area contributed by atoms with Crippen LogP contribution in [0.5, 0.6) is 34.5 Å². The summed E-state index contributed by atoms with van der Waals surface area (Å²) < 4.78 is 40.0. The molecule has 0 saturated carbocycles. The summed E-state index contributed by atoms with van der Waals surface area (Å²) in [5.74, 6) is 2.57. The fourth-order valence-corrected chi connectivity index (χ4v) is 17.8. The van der Waals surface area contributed by atoms with Gasteiger partial charge in [0.25, 0.3) is 0 Å². The van der Waals surface area contributed by atoms with Crippen LogP contribution in [-0.4, -0.2) is 8.09 Å². The molecule has 3 aliphatic heterocycles. The molecule has 0 aliphatic carbocycles. The van der Waals surface area contributed by atoms with Gasteiger partial charge in [0, 0.05) is 0 Å². The van der Waals surface area contributed by atoms with Crippen molar-refractivity contribution >= 4 is 68.9 Å². The van der Waals surface area contributed by atoms with Crippen molar-refractivity contribution in [3.63, 3.8) is 0 Å². The van der Waals surface area contributed by atoms with Crippen LogP contribution >= 0.6 is 7.26 Å². The zero-order valence-electron chi connectivity index (χ0n) is 34.3. The summed E-state index contributed by atoms with van der Waals surface area (Å²) in [6.07, 6.45) is 0. The average Bonchev–Trinajstić information content (AvgIpc) is 3.88. The van der Waals surface area contributed by atoms with Crippen LogP contribution in [0.4, 0.5) is 0 Å². The quantitative estimate of drug-likeness (QED) is 0.131. The Labute approximate surface area is 387 Å². The van der Waals surface area contributed by atoms with Crippen LogP contribution in [0, 0.1) is 0 Å². The maximum atomic E-state index is 6.66. The SMILES string of the molecule is [Na+].c1ccc([P+](c2ccccc2)(c2ccccc2)c2ccccc2)cc1.c1ccc2cc3c(cc2c1)O[Si-2]12(O3)(Oc3cc4ccccc4cc3O1)Oc1cc3ccccc3cc1O2. The molecule has 0 fully saturated rings. The van der Waals surface area contributed by atoms with E-state index in [0.717, 1.165) is 32.3 Å². The summed E-state index contributed by atoms with van der Waals surface area (Å²) in [5, 5.41) is 11.4. The van der Waals surface area contributed by atoms with E-state index in [1.165, 1.54) is 21.2 Å². The van der Waals surface area contributed by atoms with Crippen LogP contribution in [0.2, 0.25) is 0 Å². The zero-order chi connectivity index (χ0) is 41.3. The summed E-state index contributed by atoms with van der Waals surface area (Å²) in [7, 11) is -8.11. The average molecular weight is 865 g/mol. The van der Waals surface area contributed by atoms with Gasteiger partial charge in [0.2, 0.25) is 0 Å². The number of fused-ring (bicyclic) bond motifs is 6. The molecule has 9 heteroatoms. The predicted octanol–water partition coefficient (Wildman–Crippen LogP) is 8.51. The molecule has 10 aromatic rings. The zero-order valence-corrected chi connectivity index (χ0v) is 38.2. The van der Waals surface area contributed by atoms with E-state index in [-0.39, 0.29) is 29.6 Å². The molecule has 6 nitrogen and oxygen atoms in total. The van der Waals surface area contributed by atoms with E-state index in [2.05, 4.69) is 121 Å². The Morgan fingerprint density at radius 3 is 0.603 bits per heavy atom. The second-order valence-electron chi connectivity index (χ2n) is 15.8. The topological polar surface area (TPSA) is 55.4 Å². The molecule has 0 N–H and O–H groups in total. The van der Waals surface area contributed by atoms with E-state index in [9.17, 15) is 0 Å². The van der Waals surface area contributed by atoms with Gasteiger partial charge in [-0.1, -0.05) is 72.8 Å². The van der Waals surface area contributed by atoms with Gasteiger partial charge in [0.1, 0.15) is 28.5 Å². The first-order valence-electron chi connectivity index (χ1n) is 20.7. The van der Waals surface area contributed by atoms with Crippen molar-refractivity contribution in [1.82, 2.24) is 0 Å². The van der Waals surface area contributed by atoms with Crippen LogP contribution in [-0.2, 0) is 0 Å². The molecule has 0 aromatic heterocycles. The Balaban J connectivity index is 0.000000150. The molecule has 1 spiro atoms. The molecule has 0 amide bonds. The molecular formula is C54H38NaO6PSi. The number of benzene rings is 10. The molecule has 0 saturated heterocycles. The van der Waals surface area contributed by atoms with E-state index in [1.54, 1.807) is 0 Å². The molecule has 3 aliphatic rings. The third-order valence-electron chi connectivity index (χ3n) is 11.9. The first-order chi connectivity index (χ1) is 30.5. The molecule has 0 bridgehead atoms. The molecule has 0 atom stereocenters. The van der Waals surface area contributed by atoms with E-state index < -0.39 is 15.4 Å². The van der Waals surface area contributed by atoms with Gasteiger partial charge in [-0.3, -0.25) is 0 Å². The standard InChI is InChI=1S/C30H18O6Si.C24H20P.Na/c1-2-8-20-14-26-25(13-19(20)7-1)31-37(32-26,33-27-15-21-9-3-4-10-22(21)16-28(27)34-37)35-29-17-23-11-5-6-12-24(23)18-30(29)36-37;1-5-13-21(14-6-1)25(22-15-7-2-8-16-22,23-17-9-3-10-18-23)24-19-11-4-12-20-24;/h1-18H;1-20H;/q-2;2*+1. The van der Waals surface area contributed by atoms with Gasteiger partial charge in [0.15, 0.2) is 0 Å². The van der Waals surface area contributed by atoms with Crippen LogP contribution in [0.25, 0.3) is 32.3 Å². The maximum absolute atomic E-state index is 6.66. The summed E-state index contributed by atoms with van der Waals surface area (Å²) >= 11 is 0. The normalized spacial score (nSPS) is 16.3. The van der Waals surface area contributed by atoms with Crippen molar-refractivity contribution in [1.29, 1.82) is 0 Å². The fourth-order valence-electron chi connectivity index (χ4n) is 9.23. The molecule has 13 rings (SSSR count). The first kappa shape index (κ1) is 39.3. The monoisotopic (exact) mass is 864 g/mol. The van der Waals surface area contributed by atoms with Crippen LogP contribution in [0.15, 0.2) is 231 Å². The molecule has 0 radical (unpaired) electrons. The number of hydrogen-bond acceptors (Lipinski definition) is 6. The summed E-state index contributed by atoms with van der Waals surface area (Å²) in [5.41, 5.74) is 0. The third-order valence-corrected chi connectivity index (χ3v) is 20.0. The Hall–Kier alpha value is -6.57. The van der Waals surface area contributed by atoms with Crippen molar-refractivity contribution < 1.29 is 56.1 Å². The van der Waals surface area contributed by atoms with Gasteiger partial charge in [-0.25, -0.2) is 0 Å². The van der Waals surface area contributed by atoms with Gasteiger partial charge >= 0.3 is 240 Å². The molecule has 63 heavy (non-hydrogen) atoms. The summed E-state index contributed by atoms with van der Waals surface area (Å²) in [4.78, 5) is 0. The Morgan fingerprint density at radius 2 is 0.413 bits per heavy atom. The van der Waals surface area contributed by atoms with Gasteiger partial charge in [-0.05, 0) is 48.5 Å². The van der Waals surface area contributed by atoms with Crippen molar-refractivity contribution in [2.24, 2.45) is 0 Å². The van der Waals surface area contributed by atoms with Gasteiger partial charge in [-0.15, -0.1) is 0 Å². The van der Waals surface area contributed by atoms with Crippen molar-refractivity contribution in [2.45, 2.75) is 0 Å². The second-order valence-corrected chi connectivity index (χ2v) is 22.9. The fraction of sp³-hybridized carbons (Fsp3) is 0. The Morgan fingerprint density at radius 1 is 0.238 bits per heavy atom. The molecule has 300 valence electrons. The summed E-state index contributed by atoms with van der Waals surface area (Å²) in [6, 6.07) is 79.1. The van der Waals surface area contributed by atoms with Gasteiger partial charge in [0.05, 0.1) is 0 Å².